The maximum absolute atomic E-state index is 12.4. The van der Waals surface area contributed by atoms with Crippen molar-refractivity contribution < 1.29 is 18.2 Å². The Morgan fingerprint density at radius 3 is 2.26 bits per heavy atom. The van der Waals surface area contributed by atoms with Crippen molar-refractivity contribution in [3.05, 3.63) is 59.8 Å². The zero-order valence-electron chi connectivity index (χ0n) is 10.4. The second-order valence-corrected chi connectivity index (χ2v) is 4.30. The standard InChI is InChI=1S/C14H13F3N2/c1-19(10-11-5-3-2-4-6-11)13-8-7-12(9-18-13)14(15,16)17/h2-9H,10H2,1H3/p+1. The average Bonchev–Trinajstić information content (AvgIpc) is 2.39. The quantitative estimate of drug-likeness (QED) is 0.835. The van der Waals surface area contributed by atoms with E-state index < -0.39 is 11.7 Å². The molecule has 0 unspecified atom stereocenters. The van der Waals surface area contributed by atoms with Gasteiger partial charge in [0.25, 0.3) is 5.82 Å². The second kappa shape index (κ2) is 5.30. The van der Waals surface area contributed by atoms with Crippen molar-refractivity contribution in [2.45, 2.75) is 12.7 Å². The minimum atomic E-state index is -4.31. The highest BCUT2D eigenvalue weighted by Crippen LogP contribution is 2.28. The van der Waals surface area contributed by atoms with Crippen LogP contribution in [0, 0.1) is 0 Å². The number of nitrogens with zero attached hydrogens (tertiary/aromatic N) is 1. The van der Waals surface area contributed by atoms with Gasteiger partial charge in [-0.3, -0.25) is 4.90 Å². The second-order valence-electron chi connectivity index (χ2n) is 4.30. The van der Waals surface area contributed by atoms with E-state index in [1.54, 1.807) is 0 Å². The molecule has 5 heteroatoms. The highest BCUT2D eigenvalue weighted by atomic mass is 19.4. The first kappa shape index (κ1) is 13.4. The number of anilines is 1. The van der Waals surface area contributed by atoms with Crippen molar-refractivity contribution in [2.24, 2.45) is 0 Å². The van der Waals surface area contributed by atoms with Crippen molar-refractivity contribution in [2.75, 3.05) is 11.9 Å². The Bertz CT molecular complexity index is 521. The van der Waals surface area contributed by atoms with Crippen LogP contribution in [-0.4, -0.2) is 7.05 Å². The number of aromatic amines is 1. The summed E-state index contributed by atoms with van der Waals surface area (Å²) in [4.78, 5) is 4.53. The molecule has 100 valence electrons. The summed E-state index contributed by atoms with van der Waals surface area (Å²) in [6.07, 6.45) is -3.33. The van der Waals surface area contributed by atoms with Gasteiger partial charge in [0, 0.05) is 6.07 Å². The molecule has 0 bridgehead atoms. The maximum Gasteiger partial charge on any atom is 0.419 e. The van der Waals surface area contributed by atoms with Gasteiger partial charge in [-0.1, -0.05) is 30.3 Å². The highest BCUT2D eigenvalue weighted by molar-refractivity contribution is 5.34. The highest BCUT2D eigenvalue weighted by Gasteiger charge is 2.31. The number of halogens is 3. The third kappa shape index (κ3) is 3.47. The van der Waals surface area contributed by atoms with Crippen molar-refractivity contribution in [3.8, 4) is 0 Å². The van der Waals surface area contributed by atoms with Gasteiger partial charge < -0.3 is 0 Å². The fraction of sp³-hybridized carbons (Fsp3) is 0.214. The lowest BCUT2D eigenvalue weighted by Gasteiger charge is -2.12. The summed E-state index contributed by atoms with van der Waals surface area (Å²) >= 11 is 0. The largest absolute Gasteiger partial charge is 0.419 e. The first-order valence-electron chi connectivity index (χ1n) is 5.81. The molecule has 1 aromatic heterocycles. The molecule has 0 aliphatic rings. The summed E-state index contributed by atoms with van der Waals surface area (Å²) in [5.74, 6) is 0.636. The predicted molar refractivity (Wildman–Crippen MR) is 66.5 cm³/mol. The first-order chi connectivity index (χ1) is 8.97. The van der Waals surface area contributed by atoms with Gasteiger partial charge in [0.05, 0.1) is 12.6 Å². The van der Waals surface area contributed by atoms with E-state index in [4.69, 9.17) is 0 Å². The number of aromatic nitrogens is 1. The lowest BCUT2D eigenvalue weighted by atomic mass is 10.2. The third-order valence-corrected chi connectivity index (χ3v) is 2.80. The van der Waals surface area contributed by atoms with Crippen LogP contribution in [0.15, 0.2) is 48.7 Å². The molecule has 0 radical (unpaired) electrons. The molecule has 1 heterocycles. The van der Waals surface area contributed by atoms with Crippen LogP contribution in [0.25, 0.3) is 0 Å². The number of pyridine rings is 1. The van der Waals surface area contributed by atoms with E-state index in [9.17, 15) is 13.2 Å². The summed E-state index contributed by atoms with van der Waals surface area (Å²) in [7, 11) is 1.83. The molecule has 2 rings (SSSR count). The van der Waals surface area contributed by atoms with Crippen LogP contribution in [0.2, 0.25) is 0 Å². The van der Waals surface area contributed by atoms with Crippen LogP contribution in [0.5, 0.6) is 0 Å². The van der Waals surface area contributed by atoms with Crippen LogP contribution < -0.4 is 9.88 Å². The Balaban J connectivity index is 2.10. The van der Waals surface area contributed by atoms with Crippen LogP contribution in [0.1, 0.15) is 11.1 Å². The molecular formula is C14H14F3N2+. The SMILES string of the molecule is CN(Cc1ccccc1)c1ccc(C(F)(F)F)c[nH+]1. The van der Waals surface area contributed by atoms with E-state index in [2.05, 4.69) is 4.98 Å². The summed E-state index contributed by atoms with van der Waals surface area (Å²) < 4.78 is 37.3. The molecule has 1 N–H and O–H groups in total. The number of alkyl halides is 3. The molecule has 0 saturated carbocycles. The lowest BCUT2D eigenvalue weighted by molar-refractivity contribution is -0.367. The average molecular weight is 267 g/mol. The fourth-order valence-electron chi connectivity index (χ4n) is 1.77. The van der Waals surface area contributed by atoms with E-state index in [-0.39, 0.29) is 0 Å². The van der Waals surface area contributed by atoms with Gasteiger partial charge in [-0.25, -0.2) is 4.98 Å². The predicted octanol–water partition coefficient (Wildman–Crippen LogP) is 3.16. The molecule has 2 nitrogen and oxygen atoms in total. The van der Waals surface area contributed by atoms with Gasteiger partial charge in [-0.2, -0.15) is 13.2 Å². The molecule has 19 heavy (non-hydrogen) atoms. The topological polar surface area (TPSA) is 17.4 Å². The summed E-state index contributed by atoms with van der Waals surface area (Å²) in [5.41, 5.74) is 0.419. The Hall–Kier alpha value is -2.04. The molecule has 0 amide bonds. The number of nitrogens with one attached hydrogen (secondary N) is 1. The molecule has 0 atom stereocenters. The number of hydrogen-bond donors (Lipinski definition) is 0. The zero-order valence-corrected chi connectivity index (χ0v) is 10.4. The smallest absolute Gasteiger partial charge is 0.260 e. The summed E-state index contributed by atoms with van der Waals surface area (Å²) in [5, 5.41) is 0. The molecule has 0 aliphatic carbocycles. The zero-order chi connectivity index (χ0) is 13.9. The van der Waals surface area contributed by atoms with Gasteiger partial charge in [0.1, 0.15) is 12.7 Å². The van der Waals surface area contributed by atoms with Gasteiger partial charge in [-0.05, 0) is 11.6 Å². The Kier molecular flexibility index (Phi) is 3.74. The number of H-pyrrole nitrogens is 1. The lowest BCUT2D eigenvalue weighted by Crippen LogP contribution is -2.25. The van der Waals surface area contributed by atoms with Crippen molar-refractivity contribution in [3.63, 3.8) is 0 Å². The van der Waals surface area contributed by atoms with E-state index in [1.165, 1.54) is 6.07 Å². The summed E-state index contributed by atoms with van der Waals surface area (Å²) in [6.45, 7) is 0.628. The molecule has 1 aromatic carbocycles. The minimum Gasteiger partial charge on any atom is -0.260 e. The van der Waals surface area contributed by atoms with Gasteiger partial charge in [0.15, 0.2) is 0 Å². The van der Waals surface area contributed by atoms with Crippen molar-refractivity contribution in [1.29, 1.82) is 0 Å². The first-order valence-corrected chi connectivity index (χ1v) is 5.81. The van der Waals surface area contributed by atoms with E-state index in [0.717, 1.165) is 17.8 Å². The van der Waals surface area contributed by atoms with Crippen LogP contribution >= 0.6 is 0 Å². The molecule has 0 fully saturated rings. The normalized spacial score (nSPS) is 11.4. The summed E-state index contributed by atoms with van der Waals surface area (Å²) in [6, 6.07) is 12.2. The van der Waals surface area contributed by atoms with Crippen LogP contribution in [0.4, 0.5) is 19.0 Å². The van der Waals surface area contributed by atoms with Crippen molar-refractivity contribution in [1.82, 2.24) is 0 Å². The van der Waals surface area contributed by atoms with Gasteiger partial charge in [-0.15, -0.1) is 0 Å². The molecule has 0 spiro atoms. The van der Waals surface area contributed by atoms with Gasteiger partial charge >= 0.3 is 6.18 Å². The van der Waals surface area contributed by atoms with E-state index >= 15 is 0 Å². The number of benzene rings is 1. The molecule has 2 aromatic rings. The Labute approximate surface area is 109 Å². The monoisotopic (exact) mass is 267 g/mol. The Morgan fingerprint density at radius 1 is 1.05 bits per heavy atom. The molecular weight excluding hydrogens is 253 g/mol. The number of hydrogen-bond acceptors (Lipinski definition) is 1. The number of rotatable bonds is 3. The molecule has 0 saturated heterocycles. The van der Waals surface area contributed by atoms with E-state index in [1.807, 2.05) is 42.3 Å². The fourth-order valence-corrected chi connectivity index (χ4v) is 1.77. The Morgan fingerprint density at radius 2 is 1.74 bits per heavy atom. The van der Waals surface area contributed by atoms with Crippen LogP contribution in [0.3, 0.4) is 0 Å². The minimum absolute atomic E-state index is 0.628. The maximum atomic E-state index is 12.4. The van der Waals surface area contributed by atoms with E-state index in [0.29, 0.717) is 12.4 Å². The van der Waals surface area contributed by atoms with Gasteiger partial charge in [0.2, 0.25) is 0 Å². The van der Waals surface area contributed by atoms with Crippen molar-refractivity contribution >= 4 is 5.82 Å². The third-order valence-electron chi connectivity index (χ3n) is 2.80. The molecule has 0 aliphatic heterocycles. The van der Waals surface area contributed by atoms with Crippen LogP contribution in [-0.2, 0) is 12.7 Å².